The number of furan rings is 1. The minimum atomic E-state index is -3.47. The molecule has 0 fully saturated rings. The van der Waals surface area contributed by atoms with Crippen molar-refractivity contribution in [1.82, 2.24) is 37.9 Å². The summed E-state index contributed by atoms with van der Waals surface area (Å²) in [4.78, 5) is 22.2. The molecule has 0 saturated heterocycles. The van der Waals surface area contributed by atoms with Crippen LogP contribution in [0.1, 0.15) is 0 Å². The van der Waals surface area contributed by atoms with Crippen molar-refractivity contribution in [3.63, 3.8) is 0 Å². The van der Waals surface area contributed by atoms with E-state index in [1.54, 1.807) is 0 Å². The van der Waals surface area contributed by atoms with Crippen LogP contribution < -0.4 is 20.9 Å². The topological polar surface area (TPSA) is 83.4 Å². The fourth-order valence-corrected chi connectivity index (χ4v) is 15.0. The molecule has 0 amide bonds. The quantitative estimate of drug-likeness (QED) is 0.123. The maximum atomic E-state index is 7.01. The SMILES string of the molecule is c1ccc([Si](c2ccccc2)(c2cc(-n3c4ccccc4n4c5ccccc5nc34)nc(-n3c4ccccc4n4c5ccccc5nc34)n2)c2cccc3c2oc2ccccc23)cc1. The molecule has 0 aliphatic carbocycles. The number of fused-ring (bicyclic) bond motifs is 13. The van der Waals surface area contributed by atoms with E-state index in [2.05, 4.69) is 206 Å². The van der Waals surface area contributed by atoms with Crippen LogP contribution in [-0.2, 0) is 0 Å². The number of nitrogens with zero attached hydrogens (tertiary/aromatic N) is 8. The van der Waals surface area contributed by atoms with Crippen LogP contribution in [0.25, 0.3) is 89.4 Å². The third kappa shape index (κ3) is 4.71. The number of hydrogen-bond acceptors (Lipinski definition) is 5. The second kappa shape index (κ2) is 13.2. The molecule has 10 heteroatoms. The molecule has 9 nitrogen and oxygen atoms in total. The number of para-hydroxylation sites is 10. The first-order chi connectivity index (χ1) is 31.8. The lowest BCUT2D eigenvalue weighted by molar-refractivity contribution is 0.671. The Hall–Kier alpha value is -8.60. The van der Waals surface area contributed by atoms with E-state index in [0.717, 1.165) is 98.5 Å². The van der Waals surface area contributed by atoms with E-state index >= 15 is 0 Å². The summed E-state index contributed by atoms with van der Waals surface area (Å²) in [6.45, 7) is 0. The molecule has 64 heavy (non-hydrogen) atoms. The zero-order chi connectivity index (χ0) is 41.9. The van der Waals surface area contributed by atoms with E-state index in [9.17, 15) is 0 Å². The van der Waals surface area contributed by atoms with Crippen LogP contribution in [0.2, 0.25) is 0 Å². The molecule has 8 aromatic carbocycles. The van der Waals surface area contributed by atoms with Crippen molar-refractivity contribution in [2.45, 2.75) is 0 Å². The maximum absolute atomic E-state index is 7.01. The molecule has 0 N–H and O–H groups in total. The van der Waals surface area contributed by atoms with Gasteiger partial charge in [0.15, 0.2) is 0 Å². The average Bonchev–Trinajstić information content (AvgIpc) is 4.16. The van der Waals surface area contributed by atoms with Crippen LogP contribution in [0.3, 0.4) is 0 Å². The van der Waals surface area contributed by atoms with Crippen LogP contribution in [0.15, 0.2) is 211 Å². The van der Waals surface area contributed by atoms with Gasteiger partial charge in [0.05, 0.1) is 44.1 Å². The molecule has 0 aliphatic rings. The number of benzene rings is 8. The number of aromatic nitrogens is 8. The summed E-state index contributed by atoms with van der Waals surface area (Å²) >= 11 is 0. The van der Waals surface area contributed by atoms with Gasteiger partial charge in [-0.05, 0) is 70.2 Å². The Morgan fingerprint density at radius 1 is 0.391 bits per heavy atom. The van der Waals surface area contributed by atoms with Crippen molar-refractivity contribution in [2.75, 3.05) is 0 Å². The molecule has 0 atom stereocenters. The first-order valence-electron chi connectivity index (χ1n) is 21.4. The summed E-state index contributed by atoms with van der Waals surface area (Å²) in [6.07, 6.45) is 0. The Balaban J connectivity index is 1.20. The maximum Gasteiger partial charge on any atom is 0.238 e. The van der Waals surface area contributed by atoms with Gasteiger partial charge in [-0.25, -0.2) is 19.5 Å². The van der Waals surface area contributed by atoms with Gasteiger partial charge in [0.25, 0.3) is 0 Å². The monoisotopic (exact) mass is 838 g/mol. The zero-order valence-electron chi connectivity index (χ0n) is 34.1. The van der Waals surface area contributed by atoms with Crippen molar-refractivity contribution in [1.29, 1.82) is 0 Å². The molecular weight excluding hydrogens is 805 g/mol. The molecule has 0 radical (unpaired) electrons. The summed E-state index contributed by atoms with van der Waals surface area (Å²) < 4.78 is 15.8. The summed E-state index contributed by atoms with van der Waals surface area (Å²) in [5.41, 5.74) is 9.50. The molecule has 0 bridgehead atoms. The summed E-state index contributed by atoms with van der Waals surface area (Å²) in [7, 11) is -3.47. The van der Waals surface area contributed by atoms with Crippen LogP contribution in [-0.4, -0.2) is 45.9 Å². The van der Waals surface area contributed by atoms with Gasteiger partial charge < -0.3 is 4.42 Å². The van der Waals surface area contributed by atoms with Crippen molar-refractivity contribution in [3.8, 4) is 11.8 Å². The summed E-state index contributed by atoms with van der Waals surface area (Å²) in [5.74, 6) is 2.68. The van der Waals surface area contributed by atoms with E-state index in [1.165, 1.54) is 0 Å². The lowest BCUT2D eigenvalue weighted by Crippen LogP contribution is -2.75. The first kappa shape index (κ1) is 35.0. The normalized spacial score (nSPS) is 12.4. The second-order valence-electron chi connectivity index (χ2n) is 16.3. The fraction of sp³-hybridized carbons (Fsp3) is 0. The molecule has 14 rings (SSSR count). The number of imidazole rings is 4. The van der Waals surface area contributed by atoms with Gasteiger partial charge in [0.1, 0.15) is 17.0 Å². The van der Waals surface area contributed by atoms with Crippen LogP contribution >= 0.6 is 0 Å². The Bertz CT molecular complexity index is 3950. The van der Waals surface area contributed by atoms with E-state index in [4.69, 9.17) is 24.4 Å². The van der Waals surface area contributed by atoms with Gasteiger partial charge >= 0.3 is 0 Å². The largest absolute Gasteiger partial charge is 0.456 e. The molecule has 0 unspecified atom stereocenters. The zero-order valence-corrected chi connectivity index (χ0v) is 35.1. The van der Waals surface area contributed by atoms with Crippen molar-refractivity contribution in [3.05, 3.63) is 206 Å². The third-order valence-electron chi connectivity index (χ3n) is 12.9. The van der Waals surface area contributed by atoms with Gasteiger partial charge in [-0.1, -0.05) is 146 Å². The number of hydrogen-bond donors (Lipinski definition) is 0. The standard InChI is InChI=1S/C54H34N8OSi/c1-3-18-35(19-4-1)64(36-20-5-2-6-21-36,48-33-17-23-38-37-22-7-16-32-47(37)63-51(38)48)50-34-49(61-45-30-14-12-28-43(45)59-41-26-10-8-24-39(41)55-53(59)61)57-52(58-50)62-46-31-15-13-29-44(46)60-42-27-11-9-25-40(42)56-54(60)62/h1-34H. The molecule has 300 valence electrons. The molecule has 0 aliphatic heterocycles. The van der Waals surface area contributed by atoms with Crippen LogP contribution in [0, 0.1) is 0 Å². The highest BCUT2D eigenvalue weighted by Gasteiger charge is 2.46. The Morgan fingerprint density at radius 3 is 1.53 bits per heavy atom. The molecule has 6 aromatic heterocycles. The minimum Gasteiger partial charge on any atom is -0.456 e. The number of rotatable bonds is 6. The molecule has 6 heterocycles. The predicted octanol–water partition coefficient (Wildman–Crippen LogP) is 9.24. The van der Waals surface area contributed by atoms with Gasteiger partial charge in [0.2, 0.25) is 25.6 Å². The third-order valence-corrected chi connectivity index (χ3v) is 17.6. The lowest BCUT2D eigenvalue weighted by Gasteiger charge is -2.33. The van der Waals surface area contributed by atoms with Gasteiger partial charge in [-0.2, -0.15) is 4.98 Å². The van der Waals surface area contributed by atoms with Crippen LogP contribution in [0.5, 0.6) is 0 Å². The molecule has 0 saturated carbocycles. The summed E-state index contributed by atoms with van der Waals surface area (Å²) in [6, 6.07) is 72.4. The Labute approximate surface area is 365 Å². The van der Waals surface area contributed by atoms with E-state index in [0.29, 0.717) is 11.8 Å². The van der Waals surface area contributed by atoms with Gasteiger partial charge in [-0.3, -0.25) is 13.4 Å². The van der Waals surface area contributed by atoms with Gasteiger partial charge in [0, 0.05) is 22.2 Å². The Morgan fingerprint density at radius 2 is 0.891 bits per heavy atom. The smallest absolute Gasteiger partial charge is 0.238 e. The van der Waals surface area contributed by atoms with Crippen molar-refractivity contribution >= 4 is 107 Å². The average molecular weight is 839 g/mol. The lowest BCUT2D eigenvalue weighted by atomic mass is 10.1. The predicted molar refractivity (Wildman–Crippen MR) is 259 cm³/mol. The van der Waals surface area contributed by atoms with E-state index in [1.807, 2.05) is 18.2 Å². The fourth-order valence-electron chi connectivity index (χ4n) is 10.3. The Kier molecular flexibility index (Phi) is 7.23. The molecule has 0 spiro atoms. The van der Waals surface area contributed by atoms with Gasteiger partial charge in [-0.15, -0.1) is 0 Å². The molecule has 14 aromatic rings. The molecular formula is C54H34N8OSi. The summed E-state index contributed by atoms with van der Waals surface area (Å²) in [5, 5.41) is 6.44. The highest BCUT2D eigenvalue weighted by Crippen LogP contribution is 2.33. The highest BCUT2D eigenvalue weighted by atomic mass is 28.3. The first-order valence-corrected chi connectivity index (χ1v) is 23.4. The van der Waals surface area contributed by atoms with Crippen LogP contribution in [0.4, 0.5) is 0 Å². The van der Waals surface area contributed by atoms with E-state index in [-0.39, 0.29) is 0 Å². The highest BCUT2D eigenvalue weighted by molar-refractivity contribution is 7.20. The van der Waals surface area contributed by atoms with E-state index < -0.39 is 8.07 Å². The van der Waals surface area contributed by atoms with Crippen molar-refractivity contribution < 1.29 is 4.42 Å². The second-order valence-corrected chi connectivity index (χ2v) is 20.0. The minimum absolute atomic E-state index is 0.501. The van der Waals surface area contributed by atoms with Crippen molar-refractivity contribution in [2.24, 2.45) is 0 Å².